The van der Waals surface area contributed by atoms with E-state index in [1.165, 1.54) is 6.20 Å². The second-order valence-corrected chi connectivity index (χ2v) is 13.1. The molecule has 2 aromatic heterocycles. The fourth-order valence-corrected chi connectivity index (χ4v) is 6.02. The highest BCUT2D eigenvalue weighted by molar-refractivity contribution is 7.92. The third-order valence-corrected chi connectivity index (χ3v) is 8.28. The Kier molecular flexibility index (Phi) is 9.39. The summed E-state index contributed by atoms with van der Waals surface area (Å²) in [5.41, 5.74) is 0.107. The summed E-state index contributed by atoms with van der Waals surface area (Å²) in [5, 5.41) is 0.472. The number of aromatic amines is 1. The summed E-state index contributed by atoms with van der Waals surface area (Å²) < 4.78 is 62.4. The van der Waals surface area contributed by atoms with Gasteiger partial charge in [0, 0.05) is 56.2 Å². The first-order valence-corrected chi connectivity index (χ1v) is 15.6. The number of fused-ring (bicyclic) bond motifs is 1. The van der Waals surface area contributed by atoms with Crippen molar-refractivity contribution in [3.63, 3.8) is 0 Å². The molecule has 0 bridgehead atoms. The summed E-state index contributed by atoms with van der Waals surface area (Å²) in [6.07, 6.45) is 4.30. The third-order valence-electron chi connectivity index (χ3n) is 6.80. The molecule has 1 aliphatic heterocycles. The maximum atomic E-state index is 15.5. The van der Waals surface area contributed by atoms with Crippen LogP contribution in [0.15, 0.2) is 30.6 Å². The van der Waals surface area contributed by atoms with Crippen LogP contribution in [0.4, 0.5) is 20.2 Å². The zero-order valence-corrected chi connectivity index (χ0v) is 25.1. The van der Waals surface area contributed by atoms with Gasteiger partial charge in [0.2, 0.25) is 15.9 Å². The van der Waals surface area contributed by atoms with Gasteiger partial charge in [-0.2, -0.15) is 0 Å². The first kappa shape index (κ1) is 31.2. The van der Waals surface area contributed by atoms with Crippen molar-refractivity contribution >= 4 is 44.3 Å². The van der Waals surface area contributed by atoms with Gasteiger partial charge in [-0.3, -0.25) is 14.3 Å². The van der Waals surface area contributed by atoms with Gasteiger partial charge in [0.15, 0.2) is 5.82 Å². The molecule has 0 aliphatic carbocycles. The fraction of sp³-hybridized carbons (Fsp3) is 0.483. The van der Waals surface area contributed by atoms with E-state index in [0.717, 1.165) is 17.8 Å². The first-order valence-electron chi connectivity index (χ1n) is 14.0. The summed E-state index contributed by atoms with van der Waals surface area (Å²) in [5.74, 6) is -2.39. The van der Waals surface area contributed by atoms with Crippen molar-refractivity contribution in [1.29, 1.82) is 0 Å². The average Bonchev–Trinajstić information content (AvgIpc) is 3.32. The number of carbonyl (C=O) groups is 2. The van der Waals surface area contributed by atoms with E-state index in [1.54, 1.807) is 44.9 Å². The molecule has 0 saturated carbocycles. The highest BCUT2D eigenvalue weighted by atomic mass is 32.2. The van der Waals surface area contributed by atoms with Crippen LogP contribution in [0.3, 0.4) is 0 Å². The number of nitrogens with one attached hydrogen (secondary N) is 2. The van der Waals surface area contributed by atoms with E-state index >= 15 is 4.39 Å². The normalized spacial score (nSPS) is 14.3. The summed E-state index contributed by atoms with van der Waals surface area (Å²) in [6.45, 7) is 9.11. The number of nitrogens with zero attached hydrogens (tertiary/aromatic N) is 3. The number of rotatable bonds is 10. The summed E-state index contributed by atoms with van der Waals surface area (Å²) in [4.78, 5) is 35.8. The van der Waals surface area contributed by atoms with E-state index in [4.69, 9.17) is 4.74 Å². The van der Waals surface area contributed by atoms with Gasteiger partial charge in [-0.15, -0.1) is 0 Å². The molecule has 10 nitrogen and oxygen atoms in total. The van der Waals surface area contributed by atoms with E-state index in [-0.39, 0.29) is 47.3 Å². The van der Waals surface area contributed by atoms with Gasteiger partial charge in [0.25, 0.3) is 0 Å². The minimum absolute atomic E-state index is 0.0277. The van der Waals surface area contributed by atoms with E-state index in [0.29, 0.717) is 50.1 Å². The Balaban J connectivity index is 1.45. The number of aromatic nitrogens is 2. The van der Waals surface area contributed by atoms with Crippen molar-refractivity contribution < 1.29 is 31.5 Å². The van der Waals surface area contributed by atoms with Crippen LogP contribution in [0.5, 0.6) is 0 Å². The lowest BCUT2D eigenvalue weighted by atomic mass is 10.0. The number of hydrogen-bond acceptors (Lipinski definition) is 7. The van der Waals surface area contributed by atoms with Gasteiger partial charge in [-0.05, 0) is 51.8 Å². The summed E-state index contributed by atoms with van der Waals surface area (Å²) in [7, 11) is -3.78. The predicted molar refractivity (Wildman–Crippen MR) is 158 cm³/mol. The van der Waals surface area contributed by atoms with Crippen molar-refractivity contribution in [1.82, 2.24) is 14.9 Å². The molecule has 4 rings (SSSR count). The molecule has 0 atom stereocenters. The Morgan fingerprint density at radius 2 is 1.83 bits per heavy atom. The quantitative estimate of drug-likeness (QED) is 0.318. The Labute approximate surface area is 244 Å². The second-order valence-electron chi connectivity index (χ2n) is 11.3. The minimum Gasteiger partial charge on any atom is -0.460 e. The Bertz CT molecular complexity index is 1560. The number of pyridine rings is 1. The number of hydrogen-bond donors (Lipinski definition) is 2. The van der Waals surface area contributed by atoms with E-state index in [2.05, 4.69) is 14.7 Å². The number of sulfonamides is 1. The number of amides is 1. The van der Waals surface area contributed by atoms with Crippen molar-refractivity contribution in [2.75, 3.05) is 41.6 Å². The monoisotopic (exact) mass is 605 g/mol. The number of esters is 1. The average molecular weight is 606 g/mol. The van der Waals surface area contributed by atoms with Gasteiger partial charge < -0.3 is 19.5 Å². The zero-order valence-electron chi connectivity index (χ0n) is 24.3. The molecule has 1 aromatic carbocycles. The molecule has 0 radical (unpaired) electrons. The molecule has 228 valence electrons. The topological polar surface area (TPSA) is 125 Å². The lowest BCUT2D eigenvalue weighted by Gasteiger charge is -2.36. The number of benzene rings is 1. The largest absolute Gasteiger partial charge is 0.460 e. The van der Waals surface area contributed by atoms with Gasteiger partial charge in [-0.25, -0.2) is 22.2 Å². The van der Waals surface area contributed by atoms with Gasteiger partial charge in [0.05, 0.1) is 28.9 Å². The van der Waals surface area contributed by atoms with Crippen LogP contribution in [0.1, 0.15) is 53.4 Å². The number of anilines is 2. The van der Waals surface area contributed by atoms with E-state index in [1.807, 2.05) is 4.90 Å². The van der Waals surface area contributed by atoms with Gasteiger partial charge in [-0.1, -0.05) is 6.92 Å². The Hall–Kier alpha value is -3.74. The van der Waals surface area contributed by atoms with Crippen LogP contribution >= 0.6 is 0 Å². The molecule has 0 spiro atoms. The molecule has 1 fully saturated rings. The molecule has 1 amide bonds. The first-order chi connectivity index (χ1) is 19.8. The SMILES string of the molecule is CCCS(=O)(=O)Nc1ccc(F)c(-c2c[nH]c3ncc(N4CCN(C(=O)CCCC(=O)OC(C)(C)C)CC4)cc23)c1F. The number of halogens is 2. The smallest absolute Gasteiger partial charge is 0.306 e. The molecule has 3 heterocycles. The molecular weight excluding hydrogens is 568 g/mol. The van der Waals surface area contributed by atoms with Crippen LogP contribution in [0.2, 0.25) is 0 Å². The van der Waals surface area contributed by atoms with Crippen LogP contribution in [0.25, 0.3) is 22.2 Å². The van der Waals surface area contributed by atoms with Crippen molar-refractivity contribution in [3.05, 3.63) is 42.2 Å². The highest BCUT2D eigenvalue weighted by Gasteiger charge is 2.25. The zero-order chi connectivity index (χ0) is 30.7. The lowest BCUT2D eigenvalue weighted by Crippen LogP contribution is -2.48. The number of H-pyrrole nitrogens is 1. The molecule has 13 heteroatoms. The maximum absolute atomic E-state index is 15.5. The molecule has 42 heavy (non-hydrogen) atoms. The van der Waals surface area contributed by atoms with Crippen LogP contribution < -0.4 is 9.62 Å². The predicted octanol–water partition coefficient (Wildman–Crippen LogP) is 4.82. The molecule has 1 aliphatic rings. The minimum atomic E-state index is -3.78. The van der Waals surface area contributed by atoms with E-state index in [9.17, 15) is 22.4 Å². The van der Waals surface area contributed by atoms with Crippen molar-refractivity contribution in [2.45, 2.75) is 59.0 Å². The summed E-state index contributed by atoms with van der Waals surface area (Å²) >= 11 is 0. The van der Waals surface area contributed by atoms with Crippen LogP contribution in [0, 0.1) is 11.6 Å². The van der Waals surface area contributed by atoms with Crippen molar-refractivity contribution in [3.8, 4) is 11.1 Å². The second kappa shape index (κ2) is 12.6. The third kappa shape index (κ3) is 7.55. The van der Waals surface area contributed by atoms with Crippen molar-refractivity contribution in [2.24, 2.45) is 0 Å². The molecule has 2 N–H and O–H groups in total. The lowest BCUT2D eigenvalue weighted by molar-refractivity contribution is -0.154. The number of piperazine rings is 1. The maximum Gasteiger partial charge on any atom is 0.306 e. The molecule has 0 unspecified atom stereocenters. The van der Waals surface area contributed by atoms with Gasteiger partial charge in [0.1, 0.15) is 17.1 Å². The summed E-state index contributed by atoms with van der Waals surface area (Å²) in [6, 6.07) is 3.87. The standard InChI is InChI=1S/C29H37F2N5O5S/c1-5-15-42(39,40)34-23-10-9-22(30)26(27(23)31)21-18-33-28-20(21)16-19(17-32-28)35-11-13-36(14-12-35)24(37)7-6-8-25(38)41-29(2,3)4/h9-10,16-18,34H,5-8,11-15H2,1-4H3,(H,32,33). The molecule has 3 aromatic rings. The molecular formula is C29H37F2N5O5S. The Morgan fingerprint density at radius 3 is 2.50 bits per heavy atom. The van der Waals surface area contributed by atoms with Gasteiger partial charge >= 0.3 is 5.97 Å². The van der Waals surface area contributed by atoms with Crippen LogP contribution in [-0.4, -0.2) is 72.7 Å². The highest BCUT2D eigenvalue weighted by Crippen LogP contribution is 2.36. The number of ether oxygens (including phenoxy) is 1. The molecule has 1 saturated heterocycles. The van der Waals surface area contributed by atoms with E-state index < -0.39 is 27.3 Å². The van der Waals surface area contributed by atoms with Crippen LogP contribution in [-0.2, 0) is 24.3 Å². The fourth-order valence-electron chi connectivity index (χ4n) is 4.89. The number of carbonyl (C=O) groups excluding carboxylic acids is 2. The Morgan fingerprint density at radius 1 is 1.12 bits per heavy atom.